The number of rotatable bonds is 6. The second-order valence-electron chi connectivity index (χ2n) is 9.29. The van der Waals surface area contributed by atoms with E-state index >= 15 is 0 Å². The number of halogens is 1. The minimum atomic E-state index is -0.883. The van der Waals surface area contributed by atoms with Crippen molar-refractivity contribution in [2.45, 2.75) is 58.0 Å². The van der Waals surface area contributed by atoms with Gasteiger partial charge < -0.3 is 14.8 Å². The number of aliphatic hydroxyl groups is 1. The molecule has 3 heterocycles. The molecule has 0 aliphatic carbocycles. The van der Waals surface area contributed by atoms with Gasteiger partial charge in [0.2, 0.25) is 0 Å². The van der Waals surface area contributed by atoms with Gasteiger partial charge in [0.05, 0.1) is 12.2 Å². The average Bonchev–Trinajstić information content (AvgIpc) is 3.25. The van der Waals surface area contributed by atoms with Crippen LogP contribution in [0, 0.1) is 5.92 Å². The van der Waals surface area contributed by atoms with Crippen LogP contribution < -0.4 is 4.74 Å². The summed E-state index contributed by atoms with van der Waals surface area (Å²) in [5.41, 5.74) is 3.13. The molecule has 0 radical (unpaired) electrons. The number of H-pyrrole nitrogens is 1. The molecule has 1 aliphatic heterocycles. The fourth-order valence-corrected chi connectivity index (χ4v) is 4.80. The Morgan fingerprint density at radius 1 is 1.28 bits per heavy atom. The maximum absolute atomic E-state index is 11.8. The normalized spacial score (nSPS) is 16.1. The fourth-order valence-electron chi connectivity index (χ4n) is 4.56. The van der Waals surface area contributed by atoms with E-state index in [0.29, 0.717) is 19.4 Å². The molecule has 2 N–H and O–H groups in total. The van der Waals surface area contributed by atoms with Crippen molar-refractivity contribution in [3.63, 3.8) is 0 Å². The first-order valence-corrected chi connectivity index (χ1v) is 10.7. The lowest BCUT2D eigenvalue weighted by Crippen LogP contribution is -2.43. The van der Waals surface area contributed by atoms with Gasteiger partial charge in [-0.25, -0.2) is 0 Å². The summed E-state index contributed by atoms with van der Waals surface area (Å²) in [6.07, 6.45) is 5.66. The van der Waals surface area contributed by atoms with Gasteiger partial charge in [0.25, 0.3) is 0 Å². The van der Waals surface area contributed by atoms with E-state index in [1.807, 2.05) is 24.4 Å². The fraction of sp³-hybridized carbons (Fsp3) is 0.458. The Balaban J connectivity index is 1.67. The molecule has 0 saturated carbocycles. The molecule has 154 valence electrons. The molecule has 1 atom stereocenters. The molecule has 1 unspecified atom stereocenters. The number of nitrogens with zero attached hydrogens (tertiary/aromatic N) is 1. The van der Waals surface area contributed by atoms with Gasteiger partial charge in [-0.1, -0.05) is 39.3 Å². The van der Waals surface area contributed by atoms with Crippen LogP contribution in [0.2, 0.25) is 5.02 Å². The number of nitrogens with one attached hydrogen (secondary N) is 1. The number of aromatic amines is 1. The summed E-state index contributed by atoms with van der Waals surface area (Å²) < 4.78 is 5.95. The Bertz CT molecular complexity index is 1010. The molecule has 0 saturated heterocycles. The highest BCUT2D eigenvalue weighted by atomic mass is 35.5. The monoisotopic (exact) mass is 412 g/mol. The molecule has 4 rings (SSSR count). The van der Waals surface area contributed by atoms with E-state index in [4.69, 9.17) is 16.3 Å². The maximum Gasteiger partial charge on any atom is 0.126 e. The van der Waals surface area contributed by atoms with Crippen LogP contribution >= 0.6 is 11.6 Å². The summed E-state index contributed by atoms with van der Waals surface area (Å²) in [5, 5.41) is 13.6. The first-order valence-electron chi connectivity index (χ1n) is 10.3. The molecule has 0 amide bonds. The van der Waals surface area contributed by atoms with E-state index in [9.17, 15) is 5.11 Å². The van der Waals surface area contributed by atoms with Gasteiger partial charge >= 0.3 is 0 Å². The molecule has 3 aromatic rings. The topological polar surface area (TPSA) is 58.1 Å². The van der Waals surface area contributed by atoms with Crippen molar-refractivity contribution < 1.29 is 9.84 Å². The maximum atomic E-state index is 11.8. The van der Waals surface area contributed by atoms with Crippen molar-refractivity contribution in [1.29, 1.82) is 0 Å². The van der Waals surface area contributed by atoms with Crippen LogP contribution in [0.5, 0.6) is 5.75 Å². The molecule has 5 heteroatoms. The van der Waals surface area contributed by atoms with Gasteiger partial charge in [0.15, 0.2) is 0 Å². The van der Waals surface area contributed by atoms with Gasteiger partial charge in [0.1, 0.15) is 5.75 Å². The third-order valence-electron chi connectivity index (χ3n) is 6.27. The third kappa shape index (κ3) is 3.88. The molecular weight excluding hydrogens is 384 g/mol. The summed E-state index contributed by atoms with van der Waals surface area (Å²) in [5.74, 6) is 1.03. The van der Waals surface area contributed by atoms with Crippen LogP contribution in [0.1, 0.15) is 50.9 Å². The Morgan fingerprint density at radius 2 is 2.07 bits per heavy atom. The highest BCUT2D eigenvalue weighted by molar-refractivity contribution is 6.30. The van der Waals surface area contributed by atoms with E-state index in [0.717, 1.165) is 44.9 Å². The molecule has 1 aromatic carbocycles. The predicted octanol–water partition coefficient (Wildman–Crippen LogP) is 5.45. The van der Waals surface area contributed by atoms with Crippen LogP contribution in [0.25, 0.3) is 10.9 Å². The van der Waals surface area contributed by atoms with Crippen molar-refractivity contribution in [1.82, 2.24) is 9.97 Å². The van der Waals surface area contributed by atoms with Crippen LogP contribution in [0.15, 0.2) is 36.7 Å². The standard InChI is InChI=1S/C24H29ClN2O2/c1-15(2)24(28,12-19-10-17-13-26-7-5-21(17)27-19)14-23(3,4)20-11-18(25)9-16-6-8-29-22(16)20/h5,7,9-11,13,15,27-28H,6,8,12,14H2,1-4H3. The lowest BCUT2D eigenvalue weighted by molar-refractivity contribution is -0.0293. The van der Waals surface area contributed by atoms with Gasteiger partial charge in [0, 0.05) is 52.4 Å². The van der Waals surface area contributed by atoms with Crippen LogP contribution in [-0.2, 0) is 18.3 Å². The van der Waals surface area contributed by atoms with Crippen LogP contribution in [0.4, 0.5) is 0 Å². The van der Waals surface area contributed by atoms with Crippen molar-refractivity contribution in [3.05, 3.63) is 58.5 Å². The van der Waals surface area contributed by atoms with E-state index in [1.165, 1.54) is 0 Å². The highest BCUT2D eigenvalue weighted by Gasteiger charge is 2.40. The average molecular weight is 413 g/mol. The number of aromatic nitrogens is 2. The number of benzene rings is 1. The van der Waals surface area contributed by atoms with Gasteiger partial charge in [-0.15, -0.1) is 0 Å². The van der Waals surface area contributed by atoms with E-state index < -0.39 is 5.60 Å². The lowest BCUT2D eigenvalue weighted by atomic mass is 9.69. The molecule has 0 spiro atoms. The summed E-state index contributed by atoms with van der Waals surface area (Å²) in [6, 6.07) is 8.05. The molecule has 0 bridgehead atoms. The second-order valence-corrected chi connectivity index (χ2v) is 9.73. The molecule has 0 fully saturated rings. The Hall–Kier alpha value is -2.04. The number of fused-ring (bicyclic) bond motifs is 2. The third-order valence-corrected chi connectivity index (χ3v) is 6.49. The minimum absolute atomic E-state index is 0.0828. The molecule has 2 aromatic heterocycles. The quantitative estimate of drug-likeness (QED) is 0.566. The number of pyridine rings is 1. The van der Waals surface area contributed by atoms with Gasteiger partial charge in [-0.2, -0.15) is 0 Å². The zero-order valence-corrected chi connectivity index (χ0v) is 18.3. The summed E-state index contributed by atoms with van der Waals surface area (Å²) in [4.78, 5) is 7.63. The summed E-state index contributed by atoms with van der Waals surface area (Å²) in [6.45, 7) is 9.20. The Morgan fingerprint density at radius 3 is 2.79 bits per heavy atom. The van der Waals surface area contributed by atoms with Crippen molar-refractivity contribution in [2.75, 3.05) is 6.61 Å². The van der Waals surface area contributed by atoms with E-state index in [1.54, 1.807) is 6.20 Å². The van der Waals surface area contributed by atoms with Crippen LogP contribution in [0.3, 0.4) is 0 Å². The number of hydrogen-bond donors (Lipinski definition) is 2. The van der Waals surface area contributed by atoms with Crippen LogP contribution in [-0.4, -0.2) is 27.3 Å². The SMILES string of the molecule is CC(C)C(O)(Cc1cc2cnccc2[nH]1)CC(C)(C)c1cc(Cl)cc2c1OCC2. The summed E-state index contributed by atoms with van der Waals surface area (Å²) >= 11 is 6.41. The minimum Gasteiger partial charge on any atom is -0.493 e. The summed E-state index contributed by atoms with van der Waals surface area (Å²) in [7, 11) is 0. The van der Waals surface area contributed by atoms with Crippen molar-refractivity contribution in [2.24, 2.45) is 5.92 Å². The number of ether oxygens (including phenoxy) is 1. The second kappa shape index (κ2) is 7.33. The largest absolute Gasteiger partial charge is 0.493 e. The number of hydrogen-bond acceptors (Lipinski definition) is 3. The zero-order valence-electron chi connectivity index (χ0n) is 17.6. The van der Waals surface area contributed by atoms with E-state index in [-0.39, 0.29) is 11.3 Å². The van der Waals surface area contributed by atoms with E-state index in [2.05, 4.69) is 43.7 Å². The zero-order chi connectivity index (χ0) is 20.8. The lowest BCUT2D eigenvalue weighted by Gasteiger charge is -2.40. The molecule has 4 nitrogen and oxygen atoms in total. The molecule has 1 aliphatic rings. The van der Waals surface area contributed by atoms with Gasteiger partial charge in [-0.05, 0) is 47.6 Å². The van der Waals surface area contributed by atoms with Gasteiger partial charge in [-0.3, -0.25) is 4.98 Å². The smallest absolute Gasteiger partial charge is 0.126 e. The highest BCUT2D eigenvalue weighted by Crippen LogP contribution is 2.45. The first-order chi connectivity index (χ1) is 13.7. The predicted molar refractivity (Wildman–Crippen MR) is 118 cm³/mol. The van der Waals surface area contributed by atoms with Crippen molar-refractivity contribution in [3.8, 4) is 5.75 Å². The van der Waals surface area contributed by atoms with Crippen molar-refractivity contribution >= 4 is 22.5 Å². The molecule has 29 heavy (non-hydrogen) atoms. The molecular formula is C24H29ClN2O2. The Labute approximate surface area is 177 Å². The first kappa shape index (κ1) is 20.2. The Kier molecular flexibility index (Phi) is 5.12.